The topological polar surface area (TPSA) is 34.1 Å². The minimum Gasteiger partial charge on any atom is -0.299 e. The van der Waals surface area contributed by atoms with E-state index in [-0.39, 0.29) is 11.3 Å². The van der Waals surface area contributed by atoms with Gasteiger partial charge in [0.1, 0.15) is 5.78 Å². The maximum Gasteiger partial charge on any atom is 0.136 e. The van der Waals surface area contributed by atoms with Crippen molar-refractivity contribution in [2.24, 2.45) is 11.3 Å². The van der Waals surface area contributed by atoms with Gasteiger partial charge in [0.25, 0.3) is 0 Å². The Balaban J connectivity index is 1.98. The summed E-state index contributed by atoms with van der Waals surface area (Å²) in [5.74, 6) is 0.607. The zero-order valence-corrected chi connectivity index (χ0v) is 11.3. The lowest BCUT2D eigenvalue weighted by Crippen LogP contribution is -2.33. The zero-order valence-electron chi connectivity index (χ0n) is 10.5. The summed E-state index contributed by atoms with van der Waals surface area (Å²) in [6.07, 6.45) is 4.60. The Morgan fingerprint density at radius 1 is 1.19 bits per heavy atom. The predicted octanol–water partition coefficient (Wildman–Crippen LogP) is 2.68. The van der Waals surface area contributed by atoms with E-state index in [1.54, 1.807) is 0 Å². The molecule has 2 bridgehead atoms. The molecule has 0 spiro atoms. The molecule has 0 aromatic heterocycles. The normalized spacial score (nSPS) is 38.7. The molecule has 3 heteroatoms. The maximum absolute atomic E-state index is 12.1. The lowest BCUT2D eigenvalue weighted by molar-refractivity contribution is -0.125. The van der Waals surface area contributed by atoms with Gasteiger partial charge in [-0.2, -0.15) is 0 Å². The van der Waals surface area contributed by atoms with Crippen LogP contribution in [0.2, 0.25) is 0 Å². The van der Waals surface area contributed by atoms with E-state index in [1.807, 2.05) is 0 Å². The van der Waals surface area contributed by atoms with Crippen molar-refractivity contribution in [1.29, 1.82) is 0 Å². The fourth-order valence-corrected chi connectivity index (χ4v) is 5.09. The van der Waals surface area contributed by atoms with Crippen molar-refractivity contribution < 1.29 is 9.00 Å². The molecule has 2 unspecified atom stereocenters. The highest BCUT2D eigenvalue weighted by atomic mass is 32.2. The third-order valence-electron chi connectivity index (χ3n) is 3.72. The van der Waals surface area contributed by atoms with Gasteiger partial charge in [0.2, 0.25) is 0 Å². The average Bonchev–Trinajstić information content (AvgIpc) is 2.38. The summed E-state index contributed by atoms with van der Waals surface area (Å²) >= 11 is 0. The van der Waals surface area contributed by atoms with E-state index >= 15 is 0 Å². The van der Waals surface area contributed by atoms with Crippen molar-refractivity contribution in [3.05, 3.63) is 0 Å². The van der Waals surface area contributed by atoms with Crippen LogP contribution < -0.4 is 0 Å². The van der Waals surface area contributed by atoms with Crippen LogP contribution in [0.25, 0.3) is 0 Å². The zero-order chi connectivity index (χ0) is 11.9. The first-order valence-corrected chi connectivity index (χ1v) is 7.56. The van der Waals surface area contributed by atoms with Gasteiger partial charge in [-0.25, -0.2) is 0 Å². The van der Waals surface area contributed by atoms with Gasteiger partial charge < -0.3 is 0 Å². The van der Waals surface area contributed by atoms with E-state index in [0.717, 1.165) is 25.7 Å². The summed E-state index contributed by atoms with van der Waals surface area (Å²) < 4.78 is 11.8. The summed E-state index contributed by atoms with van der Waals surface area (Å²) in [6.45, 7) is 6.33. The largest absolute Gasteiger partial charge is 0.299 e. The lowest BCUT2D eigenvalue weighted by atomic mass is 9.83. The van der Waals surface area contributed by atoms with E-state index in [0.29, 0.717) is 22.7 Å². The molecule has 0 aromatic rings. The minimum atomic E-state index is -0.631. The first-order chi connectivity index (χ1) is 7.37. The highest BCUT2D eigenvalue weighted by Gasteiger charge is 2.42. The van der Waals surface area contributed by atoms with Gasteiger partial charge in [-0.1, -0.05) is 20.8 Å². The van der Waals surface area contributed by atoms with Gasteiger partial charge in [0.05, 0.1) is 0 Å². The SMILES string of the molecule is CC(C)(C)CC(=O)C1CC2CCC(C1)S2=O. The van der Waals surface area contributed by atoms with Gasteiger partial charge in [0, 0.05) is 33.6 Å². The van der Waals surface area contributed by atoms with Gasteiger partial charge in [0.15, 0.2) is 0 Å². The summed E-state index contributed by atoms with van der Waals surface area (Å²) in [7, 11) is -0.631. The highest BCUT2D eigenvalue weighted by molar-refractivity contribution is 7.86. The molecule has 0 aliphatic carbocycles. The summed E-state index contributed by atoms with van der Waals surface area (Å²) in [5.41, 5.74) is 0.0900. The van der Waals surface area contributed by atoms with E-state index in [9.17, 15) is 9.00 Å². The fourth-order valence-electron chi connectivity index (χ4n) is 2.96. The molecular formula is C13H22O2S. The summed E-state index contributed by atoms with van der Waals surface area (Å²) in [5, 5.41) is 0.653. The first-order valence-electron chi connectivity index (χ1n) is 6.29. The van der Waals surface area contributed by atoms with Crippen molar-refractivity contribution in [3.63, 3.8) is 0 Å². The summed E-state index contributed by atoms with van der Waals surface area (Å²) in [4.78, 5) is 12.1. The number of carbonyl (C=O) groups excluding carboxylic acids is 1. The molecule has 2 aliphatic rings. The maximum atomic E-state index is 12.1. The van der Waals surface area contributed by atoms with Crippen molar-refractivity contribution in [3.8, 4) is 0 Å². The summed E-state index contributed by atoms with van der Waals surface area (Å²) in [6, 6.07) is 0. The second-order valence-corrected chi connectivity index (χ2v) is 8.51. The number of Topliss-reactive ketones (excluding diaryl/α,β-unsaturated/α-hetero) is 1. The van der Waals surface area contributed by atoms with Crippen LogP contribution in [0.5, 0.6) is 0 Å². The van der Waals surface area contributed by atoms with Crippen molar-refractivity contribution >= 4 is 16.6 Å². The van der Waals surface area contributed by atoms with Crippen LogP contribution >= 0.6 is 0 Å². The highest BCUT2D eigenvalue weighted by Crippen LogP contribution is 2.40. The Morgan fingerprint density at radius 3 is 2.12 bits per heavy atom. The lowest BCUT2D eigenvalue weighted by Gasteiger charge is -2.28. The van der Waals surface area contributed by atoms with Crippen LogP contribution in [0.1, 0.15) is 52.9 Å². The molecule has 0 aromatic carbocycles. The fraction of sp³-hybridized carbons (Fsp3) is 0.923. The van der Waals surface area contributed by atoms with Gasteiger partial charge in [-0.15, -0.1) is 0 Å². The van der Waals surface area contributed by atoms with Gasteiger partial charge >= 0.3 is 0 Å². The van der Waals surface area contributed by atoms with Gasteiger partial charge in [-0.05, 0) is 31.1 Å². The molecule has 0 radical (unpaired) electrons. The molecule has 2 atom stereocenters. The Bertz CT molecular complexity index is 300. The first kappa shape index (κ1) is 12.3. The molecule has 2 rings (SSSR count). The van der Waals surface area contributed by atoms with Crippen LogP contribution in [0, 0.1) is 11.3 Å². The molecule has 16 heavy (non-hydrogen) atoms. The van der Waals surface area contributed by atoms with E-state index in [4.69, 9.17) is 0 Å². The molecule has 2 aliphatic heterocycles. The third-order valence-corrected chi connectivity index (χ3v) is 5.89. The number of ketones is 1. The molecular weight excluding hydrogens is 220 g/mol. The molecule has 2 nitrogen and oxygen atoms in total. The number of rotatable bonds is 2. The van der Waals surface area contributed by atoms with E-state index < -0.39 is 10.8 Å². The quantitative estimate of drug-likeness (QED) is 0.746. The van der Waals surface area contributed by atoms with Crippen molar-refractivity contribution in [2.75, 3.05) is 0 Å². The van der Waals surface area contributed by atoms with Gasteiger partial charge in [-0.3, -0.25) is 9.00 Å². The second-order valence-electron chi connectivity index (χ2n) is 6.52. The average molecular weight is 242 g/mol. The second kappa shape index (κ2) is 4.25. The molecule has 2 heterocycles. The van der Waals surface area contributed by atoms with Crippen LogP contribution in [0.3, 0.4) is 0 Å². The molecule has 0 N–H and O–H groups in total. The molecule has 92 valence electrons. The molecule has 0 saturated carbocycles. The molecule has 2 fully saturated rings. The minimum absolute atomic E-state index is 0.0900. The van der Waals surface area contributed by atoms with Crippen LogP contribution in [-0.4, -0.2) is 20.5 Å². The van der Waals surface area contributed by atoms with E-state index in [1.165, 1.54) is 0 Å². The number of carbonyl (C=O) groups is 1. The van der Waals surface area contributed by atoms with Crippen LogP contribution in [0.4, 0.5) is 0 Å². The van der Waals surface area contributed by atoms with E-state index in [2.05, 4.69) is 20.8 Å². The Hall–Kier alpha value is -0.180. The van der Waals surface area contributed by atoms with Crippen molar-refractivity contribution in [2.45, 2.75) is 63.4 Å². The Morgan fingerprint density at radius 2 is 1.69 bits per heavy atom. The third kappa shape index (κ3) is 2.55. The number of hydrogen-bond acceptors (Lipinski definition) is 2. The smallest absolute Gasteiger partial charge is 0.136 e. The number of fused-ring (bicyclic) bond motifs is 2. The van der Waals surface area contributed by atoms with Crippen LogP contribution in [-0.2, 0) is 15.6 Å². The Labute approximate surface area is 101 Å². The van der Waals surface area contributed by atoms with Crippen molar-refractivity contribution in [1.82, 2.24) is 0 Å². The molecule has 0 amide bonds. The Kier molecular flexibility index (Phi) is 3.26. The standard InChI is InChI=1S/C13H22O2S/c1-13(2,3)8-12(14)9-6-10-4-5-11(7-9)16(10)15/h9-11H,4-8H2,1-3H3. The monoisotopic (exact) mass is 242 g/mol. The molecule has 2 saturated heterocycles. The number of hydrogen-bond donors (Lipinski definition) is 0. The van der Waals surface area contributed by atoms with Crippen LogP contribution in [0.15, 0.2) is 0 Å². The predicted molar refractivity (Wildman–Crippen MR) is 66.8 cm³/mol.